The Morgan fingerprint density at radius 3 is 2.81 bits per heavy atom. The predicted molar refractivity (Wildman–Crippen MR) is 62.3 cm³/mol. The van der Waals surface area contributed by atoms with Gasteiger partial charge in [0.15, 0.2) is 0 Å². The molecule has 3 aliphatic rings. The quantitative estimate of drug-likeness (QED) is 0.768. The monoisotopic (exact) mass is 225 g/mol. The van der Waals surface area contributed by atoms with E-state index in [1.807, 2.05) is 0 Å². The van der Waals surface area contributed by atoms with Gasteiger partial charge in [0.1, 0.15) is 0 Å². The Kier molecular flexibility index (Phi) is 2.94. The van der Waals surface area contributed by atoms with Crippen LogP contribution in [0.25, 0.3) is 0 Å². The first-order valence-electron chi connectivity index (χ1n) is 6.79. The molecule has 3 saturated heterocycles. The van der Waals surface area contributed by atoms with E-state index in [1.165, 1.54) is 13.0 Å². The Balaban J connectivity index is 1.63. The molecule has 0 saturated carbocycles. The molecule has 0 radical (unpaired) electrons. The van der Waals surface area contributed by atoms with E-state index >= 15 is 0 Å². The van der Waals surface area contributed by atoms with Crippen LogP contribution in [0.3, 0.4) is 0 Å². The lowest BCUT2D eigenvalue weighted by atomic mass is 9.74. The molecule has 3 unspecified atom stereocenters. The minimum absolute atomic E-state index is 0.352. The van der Waals surface area contributed by atoms with Crippen molar-refractivity contribution in [3.8, 4) is 0 Å². The fourth-order valence-electron chi connectivity index (χ4n) is 3.75. The summed E-state index contributed by atoms with van der Waals surface area (Å²) in [5.41, 5.74) is -0.352. The average molecular weight is 225 g/mol. The van der Waals surface area contributed by atoms with Crippen molar-refractivity contribution in [1.29, 1.82) is 0 Å². The average Bonchev–Trinajstić information content (AvgIpc) is 2.72. The molecule has 0 aromatic heterocycles. The van der Waals surface area contributed by atoms with Gasteiger partial charge in [-0.25, -0.2) is 0 Å². The SMILES string of the molecule is OC1(CC2CCOCC2)CCN2CCC1C2. The van der Waals surface area contributed by atoms with Crippen molar-refractivity contribution >= 4 is 0 Å². The highest BCUT2D eigenvalue weighted by Gasteiger charge is 2.45. The van der Waals surface area contributed by atoms with E-state index in [1.54, 1.807) is 0 Å². The van der Waals surface area contributed by atoms with Crippen molar-refractivity contribution < 1.29 is 9.84 Å². The van der Waals surface area contributed by atoms with Gasteiger partial charge in [-0.1, -0.05) is 0 Å². The molecular formula is C13H23NO2. The molecule has 3 nitrogen and oxygen atoms in total. The number of nitrogens with zero attached hydrogens (tertiary/aromatic N) is 1. The third kappa shape index (κ3) is 2.01. The summed E-state index contributed by atoms with van der Waals surface area (Å²) in [6, 6.07) is 0. The number of hydrogen-bond donors (Lipinski definition) is 1. The van der Waals surface area contributed by atoms with Gasteiger partial charge in [-0.2, -0.15) is 0 Å². The third-order valence-corrected chi connectivity index (χ3v) is 4.88. The van der Waals surface area contributed by atoms with Gasteiger partial charge in [0, 0.05) is 32.2 Å². The van der Waals surface area contributed by atoms with Crippen molar-refractivity contribution in [2.45, 2.75) is 37.7 Å². The number of rotatable bonds is 2. The third-order valence-electron chi connectivity index (χ3n) is 4.88. The molecular weight excluding hydrogens is 202 g/mol. The lowest BCUT2D eigenvalue weighted by molar-refractivity contribution is -0.0729. The Morgan fingerprint density at radius 1 is 1.19 bits per heavy atom. The van der Waals surface area contributed by atoms with Gasteiger partial charge >= 0.3 is 0 Å². The summed E-state index contributed by atoms with van der Waals surface area (Å²) in [5, 5.41) is 10.8. The second-order valence-electron chi connectivity index (χ2n) is 5.90. The van der Waals surface area contributed by atoms with Crippen molar-refractivity contribution in [1.82, 2.24) is 4.90 Å². The van der Waals surface area contributed by atoms with Crippen LogP contribution in [-0.2, 0) is 4.74 Å². The summed E-state index contributed by atoms with van der Waals surface area (Å²) in [4.78, 5) is 2.50. The molecule has 1 N–H and O–H groups in total. The largest absolute Gasteiger partial charge is 0.389 e. The van der Waals surface area contributed by atoms with E-state index in [9.17, 15) is 5.11 Å². The Bertz CT molecular complexity index is 252. The van der Waals surface area contributed by atoms with Crippen LogP contribution >= 0.6 is 0 Å². The first-order valence-corrected chi connectivity index (χ1v) is 6.79. The number of aliphatic hydroxyl groups is 1. The molecule has 3 heteroatoms. The van der Waals surface area contributed by atoms with E-state index in [0.29, 0.717) is 11.8 Å². The van der Waals surface area contributed by atoms with Gasteiger partial charge in [0.2, 0.25) is 0 Å². The van der Waals surface area contributed by atoms with Crippen molar-refractivity contribution in [2.75, 3.05) is 32.8 Å². The van der Waals surface area contributed by atoms with Gasteiger partial charge in [-0.05, 0) is 44.6 Å². The van der Waals surface area contributed by atoms with Gasteiger partial charge in [0.25, 0.3) is 0 Å². The van der Waals surface area contributed by atoms with Crippen molar-refractivity contribution in [3.05, 3.63) is 0 Å². The molecule has 3 heterocycles. The molecule has 92 valence electrons. The fraction of sp³-hybridized carbons (Fsp3) is 1.00. The first kappa shape index (κ1) is 11.0. The summed E-state index contributed by atoms with van der Waals surface area (Å²) in [7, 11) is 0. The summed E-state index contributed by atoms with van der Waals surface area (Å²) in [6.45, 7) is 5.26. The molecule has 3 fully saturated rings. The van der Waals surface area contributed by atoms with Gasteiger partial charge in [0.05, 0.1) is 5.60 Å². The van der Waals surface area contributed by atoms with E-state index in [4.69, 9.17) is 4.74 Å². The summed E-state index contributed by atoms with van der Waals surface area (Å²) >= 11 is 0. The topological polar surface area (TPSA) is 32.7 Å². The zero-order valence-corrected chi connectivity index (χ0v) is 10.0. The first-order chi connectivity index (χ1) is 7.76. The Morgan fingerprint density at radius 2 is 2.00 bits per heavy atom. The Labute approximate surface area is 97.8 Å². The molecule has 0 aromatic rings. The number of piperidine rings is 1. The number of ether oxygens (including phenoxy) is 1. The standard InChI is InChI=1S/C13H23NO2/c15-13(9-11-2-7-16-8-3-11)4-6-14-5-1-12(13)10-14/h11-12,15H,1-10H2. The lowest BCUT2D eigenvalue weighted by Gasteiger charge is -2.41. The lowest BCUT2D eigenvalue weighted by Crippen LogP contribution is -2.47. The van der Waals surface area contributed by atoms with Crippen LogP contribution in [0.15, 0.2) is 0 Å². The molecule has 16 heavy (non-hydrogen) atoms. The molecule has 0 spiro atoms. The minimum atomic E-state index is -0.352. The van der Waals surface area contributed by atoms with Gasteiger partial charge in [-0.15, -0.1) is 0 Å². The van der Waals surface area contributed by atoms with E-state index in [2.05, 4.69) is 4.90 Å². The van der Waals surface area contributed by atoms with E-state index < -0.39 is 0 Å². The predicted octanol–water partition coefficient (Wildman–Crippen LogP) is 1.26. The second kappa shape index (κ2) is 4.28. The zero-order chi connectivity index (χ0) is 11.0. The fourth-order valence-corrected chi connectivity index (χ4v) is 3.75. The highest BCUT2D eigenvalue weighted by molar-refractivity contribution is 4.98. The van der Waals surface area contributed by atoms with Crippen LogP contribution < -0.4 is 0 Å². The van der Waals surface area contributed by atoms with Crippen LogP contribution in [0.1, 0.15) is 32.1 Å². The molecule has 0 amide bonds. The number of hydrogen-bond acceptors (Lipinski definition) is 3. The van der Waals surface area contributed by atoms with Gasteiger partial charge < -0.3 is 14.7 Å². The normalized spacial score (nSPS) is 44.8. The van der Waals surface area contributed by atoms with E-state index in [-0.39, 0.29) is 5.60 Å². The minimum Gasteiger partial charge on any atom is -0.389 e. The maximum Gasteiger partial charge on any atom is 0.0703 e. The van der Waals surface area contributed by atoms with Crippen LogP contribution in [0.4, 0.5) is 0 Å². The molecule has 3 aliphatic heterocycles. The van der Waals surface area contributed by atoms with Crippen molar-refractivity contribution in [2.24, 2.45) is 11.8 Å². The van der Waals surface area contributed by atoms with Crippen LogP contribution in [-0.4, -0.2) is 48.5 Å². The maximum atomic E-state index is 10.8. The number of fused-ring (bicyclic) bond motifs is 2. The van der Waals surface area contributed by atoms with E-state index in [0.717, 1.165) is 52.0 Å². The van der Waals surface area contributed by atoms with Crippen molar-refractivity contribution in [3.63, 3.8) is 0 Å². The maximum absolute atomic E-state index is 10.8. The molecule has 0 aromatic carbocycles. The highest BCUT2D eigenvalue weighted by atomic mass is 16.5. The van der Waals surface area contributed by atoms with Crippen LogP contribution in [0.2, 0.25) is 0 Å². The van der Waals surface area contributed by atoms with Crippen LogP contribution in [0.5, 0.6) is 0 Å². The summed E-state index contributed by atoms with van der Waals surface area (Å²) in [6.07, 6.45) is 5.53. The zero-order valence-electron chi connectivity index (χ0n) is 10.0. The smallest absolute Gasteiger partial charge is 0.0703 e. The molecule has 2 bridgehead atoms. The van der Waals surface area contributed by atoms with Crippen LogP contribution in [0, 0.1) is 11.8 Å². The molecule has 3 rings (SSSR count). The Hall–Kier alpha value is -0.120. The molecule has 3 atom stereocenters. The van der Waals surface area contributed by atoms with Gasteiger partial charge in [-0.3, -0.25) is 0 Å². The highest BCUT2D eigenvalue weighted by Crippen LogP contribution is 2.41. The summed E-state index contributed by atoms with van der Waals surface area (Å²) < 4.78 is 5.39. The second-order valence-corrected chi connectivity index (χ2v) is 5.90. The molecule has 0 aliphatic carbocycles. The summed E-state index contributed by atoms with van der Waals surface area (Å²) in [5.74, 6) is 1.25.